The van der Waals surface area contributed by atoms with Crippen molar-refractivity contribution in [2.45, 2.75) is 25.8 Å². The van der Waals surface area contributed by atoms with E-state index in [1.54, 1.807) is 0 Å². The average Bonchev–Trinajstić information content (AvgIpc) is 2.23. The lowest BCUT2D eigenvalue weighted by Gasteiger charge is -2.20. The van der Waals surface area contributed by atoms with Gasteiger partial charge in [0.2, 0.25) is 0 Å². The van der Waals surface area contributed by atoms with Gasteiger partial charge in [-0.25, -0.2) is 4.79 Å². The van der Waals surface area contributed by atoms with Crippen molar-refractivity contribution < 1.29 is 9.90 Å². The molecular weight excluding hydrogens is 196 g/mol. The number of hydrogen-bond donors (Lipinski definition) is 2. The lowest BCUT2D eigenvalue weighted by molar-refractivity contribution is 0.0694. The topological polar surface area (TPSA) is 85.3 Å². The molecule has 15 heavy (non-hydrogen) atoms. The zero-order valence-corrected chi connectivity index (χ0v) is 8.19. The Morgan fingerprint density at radius 2 is 2.20 bits per heavy atom. The molecule has 5 nitrogen and oxygen atoms in total. The molecule has 5 heteroatoms. The lowest BCUT2D eigenvalue weighted by atomic mass is 10.0. The van der Waals surface area contributed by atoms with Crippen LogP contribution in [0.2, 0.25) is 0 Å². The van der Waals surface area contributed by atoms with Gasteiger partial charge >= 0.3 is 5.97 Å². The molecule has 0 aliphatic carbocycles. The summed E-state index contributed by atoms with van der Waals surface area (Å²) in [4.78, 5) is 22.6. The Balaban J connectivity index is 2.73. The van der Waals surface area contributed by atoms with Crippen LogP contribution in [0.15, 0.2) is 10.9 Å². The predicted octanol–water partition coefficient (Wildman–Crippen LogP) is 0.465. The van der Waals surface area contributed by atoms with Crippen LogP contribution in [-0.2, 0) is 13.0 Å². The number of rotatable bonds is 1. The minimum Gasteiger partial charge on any atom is -0.478 e. The Kier molecular flexibility index (Phi) is 2.22. The minimum atomic E-state index is -1.02. The zero-order valence-electron chi connectivity index (χ0n) is 8.19. The highest BCUT2D eigenvalue weighted by Gasteiger charge is 2.20. The molecule has 0 saturated carbocycles. The van der Waals surface area contributed by atoms with E-state index in [9.17, 15) is 9.59 Å². The number of anilines is 1. The van der Waals surface area contributed by atoms with Gasteiger partial charge in [-0.15, -0.1) is 0 Å². The van der Waals surface area contributed by atoms with E-state index >= 15 is 0 Å². The first-order chi connectivity index (χ1) is 7.11. The molecule has 0 spiro atoms. The summed E-state index contributed by atoms with van der Waals surface area (Å²) in [5.41, 5.74) is 5.99. The van der Waals surface area contributed by atoms with Gasteiger partial charge in [-0.05, 0) is 25.3 Å². The third kappa shape index (κ3) is 1.49. The molecule has 1 aromatic rings. The number of fused-ring (bicyclic) bond motifs is 1. The van der Waals surface area contributed by atoms with Gasteiger partial charge < -0.3 is 15.4 Å². The summed E-state index contributed by atoms with van der Waals surface area (Å²) in [6.45, 7) is 0.569. The lowest BCUT2D eigenvalue weighted by Crippen LogP contribution is -2.31. The number of nitrogens with two attached hydrogens (primary N) is 1. The zero-order chi connectivity index (χ0) is 11.0. The van der Waals surface area contributed by atoms with Gasteiger partial charge in [0.1, 0.15) is 0 Å². The summed E-state index contributed by atoms with van der Waals surface area (Å²) in [5.74, 6) is -1.02. The van der Waals surface area contributed by atoms with Crippen molar-refractivity contribution in [3.8, 4) is 0 Å². The average molecular weight is 208 g/mol. The first-order valence-corrected chi connectivity index (χ1v) is 4.86. The van der Waals surface area contributed by atoms with Crippen LogP contribution in [0.1, 0.15) is 28.9 Å². The summed E-state index contributed by atoms with van der Waals surface area (Å²) < 4.78 is 1.49. The van der Waals surface area contributed by atoms with Crippen molar-refractivity contribution in [2.75, 3.05) is 5.73 Å². The Labute approximate surface area is 86.1 Å². The van der Waals surface area contributed by atoms with Crippen LogP contribution >= 0.6 is 0 Å². The second-order valence-electron chi connectivity index (χ2n) is 3.68. The normalized spacial score (nSPS) is 14.7. The van der Waals surface area contributed by atoms with Crippen LogP contribution in [0.4, 0.5) is 5.69 Å². The summed E-state index contributed by atoms with van der Waals surface area (Å²) in [6.07, 6.45) is 2.45. The van der Waals surface area contributed by atoms with Crippen molar-refractivity contribution in [1.82, 2.24) is 4.57 Å². The molecule has 1 aliphatic rings. The quantitative estimate of drug-likeness (QED) is 0.702. The molecule has 0 unspecified atom stereocenters. The van der Waals surface area contributed by atoms with Crippen molar-refractivity contribution in [3.63, 3.8) is 0 Å². The Morgan fingerprint density at radius 1 is 1.47 bits per heavy atom. The second kappa shape index (κ2) is 3.42. The Morgan fingerprint density at radius 3 is 2.87 bits per heavy atom. The van der Waals surface area contributed by atoms with Crippen LogP contribution in [0.5, 0.6) is 0 Å². The number of carboxylic acid groups (broad SMARTS) is 1. The van der Waals surface area contributed by atoms with Gasteiger partial charge in [0.25, 0.3) is 5.56 Å². The van der Waals surface area contributed by atoms with Crippen LogP contribution in [0.25, 0.3) is 0 Å². The number of aromatic nitrogens is 1. The van der Waals surface area contributed by atoms with E-state index in [0.717, 1.165) is 12.8 Å². The first kappa shape index (κ1) is 9.76. The van der Waals surface area contributed by atoms with E-state index in [-0.39, 0.29) is 16.8 Å². The maximum Gasteiger partial charge on any atom is 0.337 e. The number of nitrogen functional groups attached to an aromatic ring is 1. The maximum absolute atomic E-state index is 11.6. The van der Waals surface area contributed by atoms with Crippen molar-refractivity contribution >= 4 is 11.7 Å². The molecule has 0 atom stereocenters. The largest absolute Gasteiger partial charge is 0.478 e. The van der Waals surface area contributed by atoms with E-state index in [1.165, 1.54) is 10.6 Å². The maximum atomic E-state index is 11.6. The van der Waals surface area contributed by atoms with E-state index in [0.29, 0.717) is 18.7 Å². The molecule has 3 N–H and O–H groups in total. The SMILES string of the molecule is Nc1cc(C(=O)O)c2n(c1=O)CCCC2. The molecule has 0 bridgehead atoms. The van der Waals surface area contributed by atoms with Gasteiger partial charge in [0, 0.05) is 12.2 Å². The molecule has 0 aromatic carbocycles. The highest BCUT2D eigenvalue weighted by atomic mass is 16.4. The summed E-state index contributed by atoms with van der Waals surface area (Å²) in [7, 11) is 0. The molecule has 0 saturated heterocycles. The number of aromatic carboxylic acids is 1. The summed E-state index contributed by atoms with van der Waals surface area (Å²) >= 11 is 0. The molecular formula is C10H12N2O3. The van der Waals surface area contributed by atoms with Crippen LogP contribution in [0.3, 0.4) is 0 Å². The Bertz CT molecular complexity index is 476. The fourth-order valence-corrected chi connectivity index (χ4v) is 1.98. The first-order valence-electron chi connectivity index (χ1n) is 4.86. The summed E-state index contributed by atoms with van der Waals surface area (Å²) in [6, 6.07) is 1.27. The monoisotopic (exact) mass is 208 g/mol. The Hall–Kier alpha value is -1.78. The predicted molar refractivity (Wildman–Crippen MR) is 55.0 cm³/mol. The standard InChI is InChI=1S/C10H12N2O3/c11-7-5-6(10(14)15)8-3-1-2-4-12(8)9(7)13/h5H,1-4,11H2,(H,14,15). The summed E-state index contributed by atoms with van der Waals surface area (Å²) in [5, 5.41) is 8.99. The highest BCUT2D eigenvalue weighted by Crippen LogP contribution is 2.18. The van der Waals surface area contributed by atoms with E-state index in [4.69, 9.17) is 10.8 Å². The molecule has 0 fully saturated rings. The minimum absolute atomic E-state index is 0.0121. The van der Waals surface area contributed by atoms with Gasteiger partial charge in [-0.1, -0.05) is 0 Å². The third-order valence-electron chi connectivity index (χ3n) is 2.70. The molecule has 80 valence electrons. The van der Waals surface area contributed by atoms with Gasteiger partial charge in [0.05, 0.1) is 11.3 Å². The molecule has 1 aromatic heterocycles. The van der Waals surface area contributed by atoms with Gasteiger partial charge in [-0.2, -0.15) is 0 Å². The smallest absolute Gasteiger partial charge is 0.337 e. The number of pyridine rings is 1. The molecule has 0 amide bonds. The fourth-order valence-electron chi connectivity index (χ4n) is 1.98. The molecule has 2 rings (SSSR count). The van der Waals surface area contributed by atoms with E-state index in [2.05, 4.69) is 0 Å². The number of carboxylic acids is 1. The fraction of sp³-hybridized carbons (Fsp3) is 0.400. The van der Waals surface area contributed by atoms with Crippen LogP contribution in [0, 0.1) is 0 Å². The molecule has 1 aliphatic heterocycles. The second-order valence-corrected chi connectivity index (χ2v) is 3.68. The molecule has 0 radical (unpaired) electrons. The number of nitrogens with zero attached hydrogens (tertiary/aromatic N) is 1. The van der Waals surface area contributed by atoms with Crippen molar-refractivity contribution in [2.24, 2.45) is 0 Å². The van der Waals surface area contributed by atoms with E-state index in [1.807, 2.05) is 0 Å². The van der Waals surface area contributed by atoms with Gasteiger partial charge in [-0.3, -0.25) is 4.79 Å². The third-order valence-corrected chi connectivity index (χ3v) is 2.70. The molecule has 2 heterocycles. The van der Waals surface area contributed by atoms with Crippen molar-refractivity contribution in [3.05, 3.63) is 27.7 Å². The van der Waals surface area contributed by atoms with Gasteiger partial charge in [0.15, 0.2) is 0 Å². The number of carbonyl (C=O) groups is 1. The van der Waals surface area contributed by atoms with Crippen LogP contribution < -0.4 is 11.3 Å². The van der Waals surface area contributed by atoms with Crippen LogP contribution in [-0.4, -0.2) is 15.6 Å². The highest BCUT2D eigenvalue weighted by molar-refractivity contribution is 5.90. The van der Waals surface area contributed by atoms with E-state index < -0.39 is 5.97 Å². The van der Waals surface area contributed by atoms with Crippen molar-refractivity contribution in [1.29, 1.82) is 0 Å². The number of hydrogen-bond acceptors (Lipinski definition) is 3.